The third-order valence-electron chi connectivity index (χ3n) is 2.83. The van der Waals surface area contributed by atoms with Crippen LogP contribution in [0.2, 0.25) is 0 Å². The van der Waals surface area contributed by atoms with Gasteiger partial charge < -0.3 is 14.6 Å². The van der Waals surface area contributed by atoms with Crippen molar-refractivity contribution in [3.63, 3.8) is 0 Å². The smallest absolute Gasteiger partial charge is 0.161 e. The van der Waals surface area contributed by atoms with Crippen LogP contribution in [0.4, 0.5) is 0 Å². The molecule has 0 aliphatic heterocycles. The van der Waals surface area contributed by atoms with Crippen LogP contribution in [0.3, 0.4) is 0 Å². The van der Waals surface area contributed by atoms with E-state index in [2.05, 4.69) is 20.9 Å². The molecule has 0 saturated carbocycles. The summed E-state index contributed by atoms with van der Waals surface area (Å²) in [6, 6.07) is 9.19. The predicted molar refractivity (Wildman–Crippen MR) is 79.9 cm³/mol. The first kappa shape index (κ1) is 14.8. The van der Waals surface area contributed by atoms with E-state index in [4.69, 9.17) is 9.47 Å². The Kier molecular flexibility index (Phi) is 4.98. The zero-order chi connectivity index (χ0) is 14.5. The lowest BCUT2D eigenvalue weighted by Gasteiger charge is -2.13. The normalized spacial score (nSPS) is 12.0. The van der Waals surface area contributed by atoms with E-state index < -0.39 is 6.10 Å². The van der Waals surface area contributed by atoms with E-state index in [1.807, 2.05) is 18.2 Å². The largest absolute Gasteiger partial charge is 0.493 e. The van der Waals surface area contributed by atoms with Crippen molar-refractivity contribution in [2.45, 2.75) is 19.6 Å². The first-order valence-corrected chi connectivity index (χ1v) is 6.98. The van der Waals surface area contributed by atoms with Crippen LogP contribution in [-0.4, -0.2) is 17.2 Å². The molecule has 0 spiro atoms. The average molecular weight is 338 g/mol. The molecular formula is C15H16BrNO3. The number of benzene rings is 1. The van der Waals surface area contributed by atoms with Crippen molar-refractivity contribution < 1.29 is 14.6 Å². The third kappa shape index (κ3) is 3.71. The first-order chi connectivity index (χ1) is 9.60. The fraction of sp³-hybridized carbons (Fsp3) is 0.267. The maximum absolute atomic E-state index is 9.56. The molecule has 1 aromatic carbocycles. The summed E-state index contributed by atoms with van der Waals surface area (Å²) in [5.41, 5.74) is 1.62. The van der Waals surface area contributed by atoms with Crippen LogP contribution in [-0.2, 0) is 6.61 Å². The third-order valence-corrected chi connectivity index (χ3v) is 3.30. The number of aliphatic hydroxyl groups excluding tert-OH is 1. The van der Waals surface area contributed by atoms with Gasteiger partial charge in [-0.25, -0.2) is 0 Å². The molecule has 0 bridgehead atoms. The topological polar surface area (TPSA) is 51.6 Å². The van der Waals surface area contributed by atoms with E-state index >= 15 is 0 Å². The summed E-state index contributed by atoms with van der Waals surface area (Å²) in [6.07, 6.45) is 1.19. The molecule has 20 heavy (non-hydrogen) atoms. The molecule has 0 fully saturated rings. The monoisotopic (exact) mass is 337 g/mol. The Morgan fingerprint density at radius 1 is 1.25 bits per heavy atom. The van der Waals surface area contributed by atoms with Crippen LogP contribution < -0.4 is 9.47 Å². The maximum atomic E-state index is 9.56. The van der Waals surface area contributed by atoms with Gasteiger partial charge in [-0.05, 0) is 52.7 Å². The van der Waals surface area contributed by atoms with Crippen LogP contribution in [0.15, 0.2) is 41.0 Å². The second-order valence-electron chi connectivity index (χ2n) is 4.34. The lowest BCUT2D eigenvalue weighted by Crippen LogP contribution is -2.00. The van der Waals surface area contributed by atoms with Crippen molar-refractivity contribution in [3.05, 3.63) is 52.3 Å². The van der Waals surface area contributed by atoms with E-state index in [-0.39, 0.29) is 0 Å². The van der Waals surface area contributed by atoms with Gasteiger partial charge in [0, 0.05) is 10.7 Å². The zero-order valence-electron chi connectivity index (χ0n) is 11.3. The van der Waals surface area contributed by atoms with Gasteiger partial charge in [-0.3, -0.25) is 4.98 Å². The van der Waals surface area contributed by atoms with Gasteiger partial charge in [0.05, 0.1) is 18.9 Å². The molecule has 0 aliphatic carbocycles. The Labute approximate surface area is 126 Å². The lowest BCUT2D eigenvalue weighted by atomic mass is 10.1. The molecular weight excluding hydrogens is 322 g/mol. The molecule has 106 valence electrons. The molecule has 0 amide bonds. The average Bonchev–Trinajstić information content (AvgIpc) is 2.46. The number of aliphatic hydroxyl groups is 1. The second kappa shape index (κ2) is 6.72. The minimum Gasteiger partial charge on any atom is -0.493 e. The molecule has 1 aromatic heterocycles. The van der Waals surface area contributed by atoms with Crippen LogP contribution >= 0.6 is 15.9 Å². The van der Waals surface area contributed by atoms with Gasteiger partial charge >= 0.3 is 0 Å². The molecule has 0 unspecified atom stereocenters. The second-order valence-corrected chi connectivity index (χ2v) is 5.26. The van der Waals surface area contributed by atoms with Crippen molar-refractivity contribution in [2.24, 2.45) is 0 Å². The molecule has 0 radical (unpaired) electrons. The highest BCUT2D eigenvalue weighted by Crippen LogP contribution is 2.30. The molecule has 1 atom stereocenters. The van der Waals surface area contributed by atoms with Crippen molar-refractivity contribution in [1.29, 1.82) is 0 Å². The van der Waals surface area contributed by atoms with Crippen molar-refractivity contribution in [3.8, 4) is 11.5 Å². The number of pyridine rings is 1. The van der Waals surface area contributed by atoms with Gasteiger partial charge in [0.1, 0.15) is 6.61 Å². The maximum Gasteiger partial charge on any atom is 0.161 e. The molecule has 2 aromatic rings. The highest BCUT2D eigenvalue weighted by Gasteiger charge is 2.09. The SMILES string of the molecule is COc1cc([C@@H](C)O)ccc1OCc1ccc(Br)cn1. The Hall–Kier alpha value is -1.59. The van der Waals surface area contributed by atoms with Crippen LogP contribution in [0.5, 0.6) is 11.5 Å². The lowest BCUT2D eigenvalue weighted by molar-refractivity contribution is 0.198. The molecule has 0 aliphatic rings. The predicted octanol–water partition coefficient (Wildman–Crippen LogP) is 3.49. The quantitative estimate of drug-likeness (QED) is 0.907. The first-order valence-electron chi connectivity index (χ1n) is 6.19. The van der Waals surface area contributed by atoms with Crippen molar-refractivity contribution >= 4 is 15.9 Å². The summed E-state index contributed by atoms with van der Waals surface area (Å²) >= 11 is 3.34. The summed E-state index contributed by atoms with van der Waals surface area (Å²) in [5, 5.41) is 9.56. The number of hydrogen-bond donors (Lipinski definition) is 1. The van der Waals surface area contributed by atoms with E-state index in [1.165, 1.54) is 0 Å². The van der Waals surface area contributed by atoms with Gasteiger partial charge in [-0.1, -0.05) is 6.07 Å². The standard InChI is InChI=1S/C15H16BrNO3/c1-10(18)11-3-6-14(15(7-11)19-2)20-9-13-5-4-12(16)8-17-13/h3-8,10,18H,9H2,1-2H3/t10-/m1/s1. The van der Waals surface area contributed by atoms with Crippen molar-refractivity contribution in [2.75, 3.05) is 7.11 Å². The minimum atomic E-state index is -0.536. The molecule has 5 heteroatoms. The van der Waals surface area contributed by atoms with Gasteiger partial charge in [-0.2, -0.15) is 0 Å². The van der Waals surface area contributed by atoms with E-state index in [0.717, 1.165) is 15.7 Å². The highest BCUT2D eigenvalue weighted by atomic mass is 79.9. The van der Waals surface area contributed by atoms with E-state index in [9.17, 15) is 5.11 Å². The Morgan fingerprint density at radius 2 is 2.05 bits per heavy atom. The fourth-order valence-corrected chi connectivity index (χ4v) is 1.94. The van der Waals surface area contributed by atoms with Crippen LogP contribution in [0.25, 0.3) is 0 Å². The van der Waals surface area contributed by atoms with Gasteiger partial charge in [-0.15, -0.1) is 0 Å². The summed E-state index contributed by atoms with van der Waals surface area (Å²) < 4.78 is 11.9. The molecule has 1 N–H and O–H groups in total. The van der Waals surface area contributed by atoms with E-state index in [1.54, 1.807) is 32.4 Å². The zero-order valence-corrected chi connectivity index (χ0v) is 12.9. The van der Waals surface area contributed by atoms with E-state index in [0.29, 0.717) is 18.1 Å². The summed E-state index contributed by atoms with van der Waals surface area (Å²) in [5.74, 6) is 1.22. The summed E-state index contributed by atoms with van der Waals surface area (Å²) in [6.45, 7) is 2.07. The number of rotatable bonds is 5. The number of nitrogens with zero attached hydrogens (tertiary/aromatic N) is 1. The van der Waals surface area contributed by atoms with Crippen molar-refractivity contribution in [1.82, 2.24) is 4.98 Å². The molecule has 0 saturated heterocycles. The molecule has 1 heterocycles. The highest BCUT2D eigenvalue weighted by molar-refractivity contribution is 9.10. The Balaban J connectivity index is 2.10. The molecule has 2 rings (SSSR count). The minimum absolute atomic E-state index is 0.359. The van der Waals surface area contributed by atoms with Crippen LogP contribution in [0, 0.1) is 0 Å². The van der Waals surface area contributed by atoms with Gasteiger partial charge in [0.2, 0.25) is 0 Å². The fourth-order valence-electron chi connectivity index (χ4n) is 1.71. The molecule has 4 nitrogen and oxygen atoms in total. The number of hydrogen-bond acceptors (Lipinski definition) is 4. The Morgan fingerprint density at radius 3 is 2.65 bits per heavy atom. The summed E-state index contributed by atoms with van der Waals surface area (Å²) in [7, 11) is 1.58. The number of halogens is 1. The number of methoxy groups -OCH3 is 1. The Bertz CT molecular complexity index is 570. The number of ether oxygens (including phenoxy) is 2. The number of aromatic nitrogens is 1. The van der Waals surface area contributed by atoms with Gasteiger partial charge in [0.25, 0.3) is 0 Å². The summed E-state index contributed by atoms with van der Waals surface area (Å²) in [4.78, 5) is 4.24. The van der Waals surface area contributed by atoms with Gasteiger partial charge in [0.15, 0.2) is 11.5 Å². The van der Waals surface area contributed by atoms with Crippen LogP contribution in [0.1, 0.15) is 24.3 Å².